The monoisotopic (exact) mass is 1500 g/mol. The van der Waals surface area contributed by atoms with Crippen LogP contribution in [-0.4, -0.2) is 0 Å². The van der Waals surface area contributed by atoms with Crippen LogP contribution in [0.1, 0.15) is 0 Å². The van der Waals surface area contributed by atoms with Gasteiger partial charge in [0.1, 0.15) is 0 Å². The van der Waals surface area contributed by atoms with Crippen molar-refractivity contribution >= 4 is 92.6 Å². The van der Waals surface area contributed by atoms with E-state index in [4.69, 9.17) is 73.4 Å². The predicted octanol–water partition coefficient (Wildman–Crippen LogP) is -13.6. The van der Waals surface area contributed by atoms with Crippen LogP contribution in [0.2, 0.25) is 0 Å². The first kappa shape index (κ1) is 133. The van der Waals surface area contributed by atoms with E-state index in [1.807, 2.05) is 0 Å². The van der Waals surface area contributed by atoms with Crippen molar-refractivity contribution in [3.05, 3.63) is 0 Å². The van der Waals surface area contributed by atoms with Crippen molar-refractivity contribution in [2.45, 2.75) is 0 Å². The molecule has 0 radical (unpaired) electrons. The van der Waals surface area contributed by atoms with Gasteiger partial charge in [0.25, 0.3) is 0 Å². The molecule has 310 valence electrons. The topological polar surface area (TPSA) is 346 Å². The zero-order valence-electron chi connectivity index (χ0n) is 14.9. The minimum Gasteiger partial charge on any atom is -0.844 e. The molecule has 0 bridgehead atoms. The molecule has 0 saturated carbocycles. The average molecular weight is 1510 g/mol. The molecule has 0 unspecified atom stereocenters. The summed E-state index contributed by atoms with van der Waals surface area (Å²) < 4.78 is 0. The third-order valence-electron chi connectivity index (χ3n) is 0. The van der Waals surface area contributed by atoms with Crippen molar-refractivity contribution < 1.29 is 329 Å². The molecule has 0 fully saturated rings. The van der Waals surface area contributed by atoms with Crippen LogP contribution in [0, 0.1) is 0 Å². The van der Waals surface area contributed by atoms with Gasteiger partial charge in [-0.2, -0.15) is 59.0 Å². The zero-order valence-corrected chi connectivity index (χ0v) is 37.6. The smallest absolute Gasteiger partial charge is 0.844 e. The molecule has 0 aromatic heterocycles. The van der Waals surface area contributed by atoms with E-state index < -0.39 is 33.6 Å². The molecule has 0 aromatic rings. The van der Waals surface area contributed by atoms with Crippen LogP contribution in [0.5, 0.6) is 0 Å². The van der Waals surface area contributed by atoms with Crippen LogP contribution < -0.4 is 73.4 Å². The Morgan fingerprint density at radius 2 is 0.175 bits per heavy atom. The van der Waals surface area contributed by atoms with Gasteiger partial charge >= 0.3 is 256 Å². The van der Waals surface area contributed by atoms with Crippen molar-refractivity contribution in [1.29, 1.82) is 0 Å². The second-order valence-corrected chi connectivity index (χ2v) is 13.4. The minimum absolute atomic E-state index is 0. The van der Waals surface area contributed by atoms with E-state index in [2.05, 4.69) is 59.0 Å². The summed E-state index contributed by atoms with van der Waals surface area (Å²) in [6.45, 7) is -22.8. The Hall–Kier alpha value is 10.4. The minimum atomic E-state index is -4.56. The molecule has 0 atom stereocenters. The van der Waals surface area contributed by atoms with E-state index in [9.17, 15) is 0 Å². The summed E-state index contributed by atoms with van der Waals surface area (Å²) in [5.41, 5.74) is 0. The summed E-state index contributed by atoms with van der Waals surface area (Å²) in [6.07, 6.45) is 0. The normalized spacial score (nSPS) is 7.38. The van der Waals surface area contributed by atoms with Crippen LogP contribution in [-0.2, 0) is 315 Å². The average Bonchev–Trinajstić information content (AvgIpc) is 1.79. The SMILES string of the molecule is [Cu+].[Cu+].[Cu+].[Cu+].[Cu+].[Cu+].[Cu+].[Cu+].[Cu+].[Cu+].[Cu+].[Cu+].[Cu+].[Cu+].[Cu+].[O-]P([O-])([O-])=S.[O-]P([O-])([O-])=S.[O-]P([O-])([O-])=S.[O-]P([O-])([O-])=S.[O-]P([O-])([O-])=S. The van der Waals surface area contributed by atoms with Gasteiger partial charge in [0.15, 0.2) is 0 Å². The van der Waals surface area contributed by atoms with Gasteiger partial charge in [-0.25, -0.2) is 0 Å². The quantitative estimate of drug-likeness (QED) is 0.161. The van der Waals surface area contributed by atoms with Gasteiger partial charge in [-0.3, -0.25) is 0 Å². The standard InChI is InChI=1S/15Cu.5H3O3PS/c;;;;;;;;;;;;;;;5*1-4(2,3)5/h;;;;;;;;;;;;;;;5*(H3,1,2,3,5)/q15*+1;;;;;/p-15. The second kappa shape index (κ2) is 70.9. The van der Waals surface area contributed by atoms with Gasteiger partial charge in [0, 0.05) is 0 Å². The number of hydrogen-bond acceptors (Lipinski definition) is 20. The Kier molecular flexibility index (Phi) is 236. The molecular weight excluding hydrogens is 1510 g/mol. The maximum atomic E-state index is 8.92. The van der Waals surface area contributed by atoms with E-state index >= 15 is 0 Å². The Bertz CT molecular complexity index is 419. The van der Waals surface area contributed by atoms with Crippen molar-refractivity contribution in [2.75, 3.05) is 0 Å². The molecule has 40 heteroatoms. The maximum Gasteiger partial charge on any atom is 1.00 e. The van der Waals surface area contributed by atoms with Gasteiger partial charge in [-0.1, -0.05) is 0 Å². The van der Waals surface area contributed by atoms with Gasteiger partial charge in [-0.05, 0) is 0 Å². The Morgan fingerprint density at radius 1 is 0.175 bits per heavy atom. The first-order valence-electron chi connectivity index (χ1n) is 3.65. The molecule has 0 rings (SSSR count). The fourth-order valence-electron chi connectivity index (χ4n) is 0. The first-order chi connectivity index (χ1) is 10.0. The van der Waals surface area contributed by atoms with E-state index in [1.54, 1.807) is 0 Å². The van der Waals surface area contributed by atoms with Crippen LogP contribution >= 0.6 is 33.6 Å². The molecule has 0 amide bonds. The van der Waals surface area contributed by atoms with Crippen LogP contribution in [0.3, 0.4) is 0 Å². The summed E-state index contributed by atoms with van der Waals surface area (Å²) in [5, 5.41) is 0. The molecule has 0 aromatic carbocycles. The van der Waals surface area contributed by atoms with E-state index in [-0.39, 0.29) is 256 Å². The zero-order chi connectivity index (χ0) is 22.5. The molecule has 0 aliphatic rings. The summed E-state index contributed by atoms with van der Waals surface area (Å²) in [4.78, 5) is 134. The van der Waals surface area contributed by atoms with Crippen molar-refractivity contribution in [2.24, 2.45) is 0 Å². The fourth-order valence-corrected chi connectivity index (χ4v) is 0. The molecule has 0 heterocycles. The van der Waals surface area contributed by atoms with E-state index in [0.29, 0.717) is 0 Å². The summed E-state index contributed by atoms with van der Waals surface area (Å²) in [5.74, 6) is 0. The van der Waals surface area contributed by atoms with Gasteiger partial charge < -0.3 is 107 Å². The molecule has 0 aliphatic heterocycles. The predicted molar refractivity (Wildman–Crippen MR) is 71.4 cm³/mol. The van der Waals surface area contributed by atoms with Crippen LogP contribution in [0.25, 0.3) is 0 Å². The van der Waals surface area contributed by atoms with Crippen LogP contribution in [0.15, 0.2) is 0 Å². The Morgan fingerprint density at radius 3 is 0.175 bits per heavy atom. The molecule has 0 spiro atoms. The van der Waals surface area contributed by atoms with Gasteiger partial charge in [0.05, 0.1) is 0 Å². The largest absolute Gasteiger partial charge is 1.00 e. The summed E-state index contributed by atoms with van der Waals surface area (Å²) >= 11 is 16.4. The Balaban J connectivity index is -0.00000000635. The van der Waals surface area contributed by atoms with E-state index in [1.165, 1.54) is 0 Å². The number of hydrogen-bond donors (Lipinski definition) is 0. The molecule has 0 saturated heterocycles. The molecule has 0 aliphatic carbocycles. The summed E-state index contributed by atoms with van der Waals surface area (Å²) in [6, 6.07) is 0. The number of rotatable bonds is 0. The molecular formula is Cu15O15P5S5. The Labute approximate surface area is 414 Å². The summed E-state index contributed by atoms with van der Waals surface area (Å²) in [7, 11) is 0. The van der Waals surface area contributed by atoms with Crippen molar-refractivity contribution in [1.82, 2.24) is 0 Å². The third kappa shape index (κ3) is 1000. The van der Waals surface area contributed by atoms with Gasteiger partial charge in [0.2, 0.25) is 0 Å². The van der Waals surface area contributed by atoms with Crippen molar-refractivity contribution in [3.8, 4) is 0 Å². The molecule has 15 nitrogen and oxygen atoms in total. The van der Waals surface area contributed by atoms with Crippen molar-refractivity contribution in [3.63, 3.8) is 0 Å². The molecule has 0 N–H and O–H groups in total. The second-order valence-electron chi connectivity index (χ2n) is 2.24. The third-order valence-corrected chi connectivity index (χ3v) is 0. The molecule has 40 heavy (non-hydrogen) atoms. The van der Waals surface area contributed by atoms with E-state index in [0.717, 1.165) is 0 Å². The first-order valence-corrected chi connectivity index (χ1v) is 16.4. The fraction of sp³-hybridized carbons (Fsp3) is 0. The maximum absolute atomic E-state index is 8.92. The van der Waals surface area contributed by atoms with Crippen LogP contribution in [0.4, 0.5) is 0 Å². The van der Waals surface area contributed by atoms with Gasteiger partial charge in [-0.15, -0.1) is 0 Å².